The molecule has 0 spiro atoms. The lowest BCUT2D eigenvalue weighted by molar-refractivity contribution is -0.131. The molecule has 1 aliphatic heterocycles. The maximum absolute atomic E-state index is 12.7. The van der Waals surface area contributed by atoms with Gasteiger partial charge in [-0.05, 0) is 42.7 Å². The molecule has 6 nitrogen and oxygen atoms in total. The highest BCUT2D eigenvalue weighted by atomic mass is 35.5. The van der Waals surface area contributed by atoms with Crippen molar-refractivity contribution >= 4 is 17.5 Å². The van der Waals surface area contributed by atoms with Crippen LogP contribution < -0.4 is 0 Å². The molecule has 0 N–H and O–H groups in total. The van der Waals surface area contributed by atoms with Crippen molar-refractivity contribution in [1.82, 2.24) is 20.0 Å². The van der Waals surface area contributed by atoms with Gasteiger partial charge in [0.25, 0.3) is 5.89 Å². The summed E-state index contributed by atoms with van der Waals surface area (Å²) in [6, 6.07) is 12.9. The van der Waals surface area contributed by atoms with E-state index in [4.69, 9.17) is 16.1 Å². The van der Waals surface area contributed by atoms with Gasteiger partial charge in [0, 0.05) is 30.2 Å². The van der Waals surface area contributed by atoms with Gasteiger partial charge in [-0.1, -0.05) is 35.0 Å². The number of hydrogen-bond acceptors (Lipinski definition) is 5. The van der Waals surface area contributed by atoms with Gasteiger partial charge < -0.3 is 9.42 Å². The van der Waals surface area contributed by atoms with Crippen LogP contribution in [-0.4, -0.2) is 39.0 Å². The molecule has 1 fully saturated rings. The Balaban J connectivity index is 1.43. The Morgan fingerprint density at radius 1 is 1.22 bits per heavy atom. The highest BCUT2D eigenvalue weighted by Crippen LogP contribution is 2.27. The molecule has 1 aliphatic rings. The van der Waals surface area contributed by atoms with Crippen LogP contribution in [0.4, 0.5) is 0 Å². The molecule has 0 radical (unpaired) electrons. The molecule has 1 aromatic carbocycles. The molecule has 0 saturated carbocycles. The predicted molar refractivity (Wildman–Crippen MR) is 101 cm³/mol. The first-order valence-corrected chi connectivity index (χ1v) is 9.34. The lowest BCUT2D eigenvalue weighted by Gasteiger charge is -2.31. The maximum Gasteiger partial charge on any atom is 0.276 e. The van der Waals surface area contributed by atoms with Gasteiger partial charge in [0.15, 0.2) is 5.82 Å². The summed E-state index contributed by atoms with van der Waals surface area (Å²) >= 11 is 5.91. The Morgan fingerprint density at radius 3 is 2.85 bits per heavy atom. The van der Waals surface area contributed by atoms with E-state index in [1.165, 1.54) is 0 Å². The van der Waals surface area contributed by atoms with E-state index in [2.05, 4.69) is 15.1 Å². The Morgan fingerprint density at radius 2 is 2.07 bits per heavy atom. The van der Waals surface area contributed by atoms with Crippen molar-refractivity contribution < 1.29 is 9.32 Å². The topological polar surface area (TPSA) is 72.1 Å². The molecule has 3 aromatic rings. The highest BCUT2D eigenvalue weighted by molar-refractivity contribution is 6.30. The minimum atomic E-state index is 0.0779. The number of carbonyl (C=O) groups excluding carboxylic acids is 1. The molecule has 4 rings (SSSR count). The van der Waals surface area contributed by atoms with Crippen LogP contribution in [0.25, 0.3) is 11.6 Å². The van der Waals surface area contributed by atoms with E-state index in [0.29, 0.717) is 35.4 Å². The minimum absolute atomic E-state index is 0.0779. The van der Waals surface area contributed by atoms with Crippen molar-refractivity contribution in [3.8, 4) is 11.6 Å². The molecule has 2 aromatic heterocycles. The number of amides is 1. The van der Waals surface area contributed by atoms with Gasteiger partial charge in [-0.25, -0.2) is 0 Å². The van der Waals surface area contributed by atoms with Crippen LogP contribution >= 0.6 is 11.6 Å². The number of aromatic nitrogens is 3. The average molecular weight is 383 g/mol. The van der Waals surface area contributed by atoms with Crippen LogP contribution in [0.3, 0.4) is 0 Å². The molecule has 1 atom stereocenters. The Hall–Kier alpha value is -2.73. The van der Waals surface area contributed by atoms with Gasteiger partial charge in [-0.2, -0.15) is 4.98 Å². The van der Waals surface area contributed by atoms with Crippen LogP contribution in [0.1, 0.15) is 30.1 Å². The van der Waals surface area contributed by atoms with E-state index in [1.54, 1.807) is 6.20 Å². The number of likely N-dealkylation sites (tertiary alicyclic amines) is 1. The fraction of sp³-hybridized carbons (Fsp3) is 0.300. The molecular formula is C20H19ClN4O2. The number of carbonyl (C=O) groups is 1. The van der Waals surface area contributed by atoms with E-state index in [-0.39, 0.29) is 11.8 Å². The number of piperidine rings is 1. The van der Waals surface area contributed by atoms with E-state index in [0.717, 1.165) is 24.9 Å². The first kappa shape index (κ1) is 17.7. The molecular weight excluding hydrogens is 364 g/mol. The van der Waals surface area contributed by atoms with Crippen LogP contribution in [0.15, 0.2) is 53.2 Å². The summed E-state index contributed by atoms with van der Waals surface area (Å²) in [5.74, 6) is 1.24. The van der Waals surface area contributed by atoms with Crippen molar-refractivity contribution in [1.29, 1.82) is 0 Å². The van der Waals surface area contributed by atoms with Crippen molar-refractivity contribution in [2.24, 2.45) is 0 Å². The first-order chi connectivity index (χ1) is 13.2. The largest absolute Gasteiger partial charge is 0.342 e. The molecule has 0 unspecified atom stereocenters. The Kier molecular flexibility index (Phi) is 5.16. The van der Waals surface area contributed by atoms with E-state index >= 15 is 0 Å². The molecule has 27 heavy (non-hydrogen) atoms. The first-order valence-electron chi connectivity index (χ1n) is 8.96. The second-order valence-corrected chi connectivity index (χ2v) is 7.09. The van der Waals surface area contributed by atoms with Gasteiger partial charge in [-0.3, -0.25) is 9.78 Å². The molecule has 3 heterocycles. The van der Waals surface area contributed by atoms with Crippen LogP contribution in [0.2, 0.25) is 5.02 Å². The van der Waals surface area contributed by atoms with Gasteiger partial charge in [-0.15, -0.1) is 0 Å². The van der Waals surface area contributed by atoms with Crippen molar-refractivity contribution in [3.05, 3.63) is 65.1 Å². The molecule has 7 heteroatoms. The molecule has 1 saturated heterocycles. The van der Waals surface area contributed by atoms with Crippen LogP contribution in [-0.2, 0) is 11.2 Å². The van der Waals surface area contributed by atoms with Gasteiger partial charge in [0.2, 0.25) is 5.91 Å². The average Bonchev–Trinajstić information content (AvgIpc) is 3.21. The molecule has 0 aliphatic carbocycles. The molecule has 138 valence electrons. The van der Waals surface area contributed by atoms with Crippen LogP contribution in [0, 0.1) is 0 Å². The number of benzene rings is 1. The second-order valence-electron chi connectivity index (χ2n) is 6.65. The normalized spacial score (nSPS) is 17.1. The lowest BCUT2D eigenvalue weighted by Crippen LogP contribution is -2.40. The SMILES string of the molecule is O=C(Cc1ccc(Cl)cc1)N1CCC[C@H](c2noc(-c3ccccn3)n2)C1. The highest BCUT2D eigenvalue weighted by Gasteiger charge is 2.28. The summed E-state index contributed by atoms with van der Waals surface area (Å²) in [7, 11) is 0. The summed E-state index contributed by atoms with van der Waals surface area (Å²) in [6.45, 7) is 1.36. The van der Waals surface area contributed by atoms with Gasteiger partial charge >= 0.3 is 0 Å². The number of hydrogen-bond donors (Lipinski definition) is 0. The van der Waals surface area contributed by atoms with Crippen molar-refractivity contribution in [2.75, 3.05) is 13.1 Å². The Bertz CT molecular complexity index is 911. The lowest BCUT2D eigenvalue weighted by atomic mass is 9.96. The van der Waals surface area contributed by atoms with Crippen molar-refractivity contribution in [2.45, 2.75) is 25.2 Å². The zero-order valence-corrected chi connectivity index (χ0v) is 15.5. The summed E-state index contributed by atoms with van der Waals surface area (Å²) in [6.07, 6.45) is 3.92. The van der Waals surface area contributed by atoms with E-state index in [9.17, 15) is 4.79 Å². The standard InChI is InChI=1S/C20H19ClN4O2/c21-16-8-6-14(7-9-16)12-18(26)25-11-3-4-15(13-25)19-23-20(27-24-19)17-5-1-2-10-22-17/h1-2,5-10,15H,3-4,11-13H2/t15-/m0/s1. The number of rotatable bonds is 4. The van der Waals surface area contributed by atoms with E-state index < -0.39 is 0 Å². The van der Waals surface area contributed by atoms with Crippen molar-refractivity contribution in [3.63, 3.8) is 0 Å². The predicted octanol–water partition coefficient (Wildman–Crippen LogP) is 3.73. The monoisotopic (exact) mass is 382 g/mol. The van der Waals surface area contributed by atoms with Gasteiger partial charge in [0.05, 0.1) is 6.42 Å². The summed E-state index contributed by atoms with van der Waals surface area (Å²) in [4.78, 5) is 23.3. The smallest absolute Gasteiger partial charge is 0.276 e. The quantitative estimate of drug-likeness (QED) is 0.687. The summed E-state index contributed by atoms with van der Waals surface area (Å²) in [5.41, 5.74) is 1.62. The minimum Gasteiger partial charge on any atom is -0.342 e. The Labute approximate surface area is 162 Å². The fourth-order valence-corrected chi connectivity index (χ4v) is 3.42. The molecule has 0 bridgehead atoms. The summed E-state index contributed by atoms with van der Waals surface area (Å²) in [5, 5.41) is 4.80. The third-order valence-electron chi connectivity index (χ3n) is 4.73. The van der Waals surface area contributed by atoms with Gasteiger partial charge in [0.1, 0.15) is 5.69 Å². The summed E-state index contributed by atoms with van der Waals surface area (Å²) < 4.78 is 5.37. The van der Waals surface area contributed by atoms with Crippen LogP contribution in [0.5, 0.6) is 0 Å². The third kappa shape index (κ3) is 4.17. The third-order valence-corrected chi connectivity index (χ3v) is 4.99. The zero-order chi connectivity index (χ0) is 18.6. The fourth-order valence-electron chi connectivity index (χ4n) is 3.30. The second kappa shape index (κ2) is 7.88. The maximum atomic E-state index is 12.7. The number of halogens is 1. The number of pyridine rings is 1. The van der Waals surface area contributed by atoms with E-state index in [1.807, 2.05) is 47.4 Å². The molecule has 1 amide bonds. The zero-order valence-electron chi connectivity index (χ0n) is 14.7. The number of nitrogens with zero attached hydrogens (tertiary/aromatic N) is 4.